The molecule has 19 heavy (non-hydrogen) atoms. The number of nitrogens with zero attached hydrogens (tertiary/aromatic N) is 2. The zero-order chi connectivity index (χ0) is 13.8. The van der Waals surface area contributed by atoms with Crippen molar-refractivity contribution in [2.45, 2.75) is 6.61 Å². The lowest BCUT2D eigenvalue weighted by Gasteiger charge is -2.07. The van der Waals surface area contributed by atoms with Crippen LogP contribution in [0.5, 0.6) is 0 Å². The van der Waals surface area contributed by atoms with Gasteiger partial charge < -0.3 is 10.5 Å². The summed E-state index contributed by atoms with van der Waals surface area (Å²) in [4.78, 5) is 11.1. The molecule has 7 heteroatoms. The fourth-order valence-corrected chi connectivity index (χ4v) is 1.87. The summed E-state index contributed by atoms with van der Waals surface area (Å²) >= 11 is 6.17. The van der Waals surface area contributed by atoms with Crippen molar-refractivity contribution in [3.05, 3.63) is 41.0 Å². The number of urea groups is 1. The number of benzene rings is 1. The number of nitrogens with one attached hydrogen (secondary N) is 1. The molecular weight excluding hydrogens is 268 g/mol. The van der Waals surface area contributed by atoms with Crippen LogP contribution in [0.3, 0.4) is 0 Å². The molecule has 0 saturated carbocycles. The summed E-state index contributed by atoms with van der Waals surface area (Å²) in [6.07, 6.45) is 0. The highest BCUT2D eigenvalue weighted by Gasteiger charge is 2.18. The molecule has 1 heterocycles. The number of nitrogens with two attached hydrogens (primary N) is 1. The fourth-order valence-electron chi connectivity index (χ4n) is 1.65. The Balaban J connectivity index is 2.52. The van der Waals surface area contributed by atoms with E-state index in [-0.39, 0.29) is 6.61 Å². The summed E-state index contributed by atoms with van der Waals surface area (Å²) in [5.74, 6) is 0.326. The van der Waals surface area contributed by atoms with Crippen LogP contribution in [-0.4, -0.2) is 22.9 Å². The topological polar surface area (TPSA) is 82.2 Å². The van der Waals surface area contributed by atoms with Crippen molar-refractivity contribution < 1.29 is 9.53 Å². The number of para-hydroxylation sites is 1. The highest BCUT2D eigenvalue weighted by atomic mass is 35.5. The van der Waals surface area contributed by atoms with Crippen LogP contribution in [0.2, 0.25) is 5.02 Å². The second-order valence-electron chi connectivity index (χ2n) is 3.78. The number of hydrogen-bond acceptors (Lipinski definition) is 3. The summed E-state index contributed by atoms with van der Waals surface area (Å²) in [7, 11) is 1.54. The van der Waals surface area contributed by atoms with Gasteiger partial charge in [0.25, 0.3) is 0 Å². The smallest absolute Gasteiger partial charge is 0.317 e. The number of carbonyl (C=O) groups is 1. The van der Waals surface area contributed by atoms with E-state index < -0.39 is 6.03 Å². The second kappa shape index (κ2) is 5.73. The molecule has 0 aliphatic heterocycles. The SMILES string of the molecule is COCc1nn(-c2ccccc2)c(NC(N)=O)c1Cl. The van der Waals surface area contributed by atoms with Crippen LogP contribution in [0.25, 0.3) is 5.69 Å². The summed E-state index contributed by atoms with van der Waals surface area (Å²) in [6, 6.07) is 8.57. The largest absolute Gasteiger partial charge is 0.378 e. The van der Waals surface area contributed by atoms with E-state index in [9.17, 15) is 4.79 Å². The van der Waals surface area contributed by atoms with Gasteiger partial charge >= 0.3 is 6.03 Å². The van der Waals surface area contributed by atoms with Gasteiger partial charge in [-0.1, -0.05) is 29.8 Å². The van der Waals surface area contributed by atoms with E-state index in [1.54, 1.807) is 7.11 Å². The van der Waals surface area contributed by atoms with Gasteiger partial charge in [-0.2, -0.15) is 5.10 Å². The Labute approximate surface area is 115 Å². The zero-order valence-corrected chi connectivity index (χ0v) is 11.0. The molecule has 2 rings (SSSR count). The van der Waals surface area contributed by atoms with Crippen molar-refractivity contribution in [1.82, 2.24) is 9.78 Å². The molecule has 1 aromatic carbocycles. The second-order valence-corrected chi connectivity index (χ2v) is 4.16. The molecule has 2 amide bonds. The molecule has 3 N–H and O–H groups in total. The van der Waals surface area contributed by atoms with E-state index in [2.05, 4.69) is 10.4 Å². The van der Waals surface area contributed by atoms with Gasteiger partial charge in [0.2, 0.25) is 0 Å². The van der Waals surface area contributed by atoms with Gasteiger partial charge in [0.05, 0.1) is 12.3 Å². The first-order valence-electron chi connectivity index (χ1n) is 5.51. The Morgan fingerprint density at radius 2 is 2.16 bits per heavy atom. The first kappa shape index (κ1) is 13.4. The number of aromatic nitrogens is 2. The van der Waals surface area contributed by atoms with Crippen LogP contribution in [0.4, 0.5) is 10.6 Å². The minimum Gasteiger partial charge on any atom is -0.378 e. The number of ether oxygens (including phenoxy) is 1. The van der Waals surface area contributed by atoms with Crippen molar-refractivity contribution >= 4 is 23.4 Å². The van der Waals surface area contributed by atoms with Crippen LogP contribution in [-0.2, 0) is 11.3 Å². The number of halogens is 1. The lowest BCUT2D eigenvalue weighted by Crippen LogP contribution is -2.21. The van der Waals surface area contributed by atoms with Crippen molar-refractivity contribution in [1.29, 1.82) is 0 Å². The van der Waals surface area contributed by atoms with E-state index in [0.717, 1.165) is 5.69 Å². The van der Waals surface area contributed by atoms with E-state index in [1.165, 1.54) is 4.68 Å². The maximum Gasteiger partial charge on any atom is 0.317 e. The van der Waals surface area contributed by atoms with Crippen LogP contribution >= 0.6 is 11.6 Å². The van der Waals surface area contributed by atoms with Crippen LogP contribution < -0.4 is 11.1 Å². The molecule has 0 radical (unpaired) electrons. The molecule has 0 fully saturated rings. The maximum absolute atomic E-state index is 11.1. The Bertz CT molecular complexity index is 583. The number of carbonyl (C=O) groups excluding carboxylic acids is 1. The minimum atomic E-state index is -0.706. The molecule has 100 valence electrons. The van der Waals surface area contributed by atoms with E-state index >= 15 is 0 Å². The average molecular weight is 281 g/mol. The normalized spacial score (nSPS) is 10.4. The third-order valence-corrected chi connectivity index (χ3v) is 2.81. The third kappa shape index (κ3) is 2.86. The van der Waals surface area contributed by atoms with Crippen molar-refractivity contribution in [3.63, 3.8) is 0 Å². The molecule has 0 saturated heterocycles. The summed E-state index contributed by atoms with van der Waals surface area (Å²) in [6.45, 7) is 0.242. The molecule has 0 bridgehead atoms. The fraction of sp³-hybridized carbons (Fsp3) is 0.167. The molecule has 0 spiro atoms. The number of anilines is 1. The minimum absolute atomic E-state index is 0.242. The predicted octanol–water partition coefficient (Wildman–Crippen LogP) is 2.16. The monoisotopic (exact) mass is 280 g/mol. The summed E-state index contributed by atoms with van der Waals surface area (Å²) in [5.41, 5.74) is 6.43. The van der Waals surface area contributed by atoms with Gasteiger partial charge in [0, 0.05) is 7.11 Å². The maximum atomic E-state index is 11.1. The number of methoxy groups -OCH3 is 1. The number of primary amides is 1. The zero-order valence-electron chi connectivity index (χ0n) is 10.3. The molecule has 6 nitrogen and oxygen atoms in total. The van der Waals surface area contributed by atoms with Crippen LogP contribution in [0, 0.1) is 0 Å². The van der Waals surface area contributed by atoms with E-state index in [4.69, 9.17) is 22.1 Å². The number of amides is 2. The van der Waals surface area contributed by atoms with E-state index in [0.29, 0.717) is 16.5 Å². The lowest BCUT2D eigenvalue weighted by molar-refractivity contribution is 0.181. The highest BCUT2D eigenvalue weighted by Crippen LogP contribution is 2.29. The third-order valence-electron chi connectivity index (χ3n) is 2.42. The molecule has 1 aromatic heterocycles. The Morgan fingerprint density at radius 3 is 2.74 bits per heavy atom. The Kier molecular flexibility index (Phi) is 4.03. The summed E-state index contributed by atoms with van der Waals surface area (Å²) in [5, 5.41) is 7.09. The van der Waals surface area contributed by atoms with Crippen LogP contribution in [0.1, 0.15) is 5.69 Å². The van der Waals surface area contributed by atoms with E-state index in [1.807, 2.05) is 30.3 Å². The molecule has 0 aliphatic rings. The number of rotatable bonds is 4. The van der Waals surface area contributed by atoms with Crippen molar-refractivity contribution in [2.24, 2.45) is 5.73 Å². The molecule has 0 aliphatic carbocycles. The lowest BCUT2D eigenvalue weighted by atomic mass is 10.3. The molecular formula is C12H13ClN4O2. The molecule has 0 atom stereocenters. The van der Waals surface area contributed by atoms with Gasteiger partial charge in [0.15, 0.2) is 5.82 Å². The van der Waals surface area contributed by atoms with Gasteiger partial charge in [-0.15, -0.1) is 0 Å². The predicted molar refractivity (Wildman–Crippen MR) is 72.5 cm³/mol. The van der Waals surface area contributed by atoms with Gasteiger partial charge in [-0.05, 0) is 12.1 Å². The van der Waals surface area contributed by atoms with Crippen molar-refractivity contribution in [3.8, 4) is 5.69 Å². The quantitative estimate of drug-likeness (QED) is 0.900. The first-order valence-corrected chi connectivity index (χ1v) is 5.89. The standard InChI is InChI=1S/C12H13ClN4O2/c1-19-7-9-10(13)11(15-12(14)18)17(16-9)8-5-3-2-4-6-8/h2-6H,7H2,1H3,(H3,14,15,18). The van der Waals surface area contributed by atoms with Gasteiger partial charge in [-0.3, -0.25) is 5.32 Å². The van der Waals surface area contributed by atoms with Gasteiger partial charge in [0.1, 0.15) is 10.7 Å². The van der Waals surface area contributed by atoms with Gasteiger partial charge in [-0.25, -0.2) is 9.48 Å². The Hall–Kier alpha value is -2.05. The highest BCUT2D eigenvalue weighted by molar-refractivity contribution is 6.34. The molecule has 2 aromatic rings. The summed E-state index contributed by atoms with van der Waals surface area (Å²) < 4.78 is 6.53. The first-order chi connectivity index (χ1) is 9.13. The number of hydrogen-bond donors (Lipinski definition) is 2. The molecule has 0 unspecified atom stereocenters. The van der Waals surface area contributed by atoms with Crippen molar-refractivity contribution in [2.75, 3.05) is 12.4 Å². The average Bonchev–Trinajstić information content (AvgIpc) is 2.69. The Morgan fingerprint density at radius 1 is 1.47 bits per heavy atom. The van der Waals surface area contributed by atoms with Crippen LogP contribution in [0.15, 0.2) is 30.3 Å².